The largest absolute Gasteiger partial charge is 0.492 e. The normalized spacial score (nSPS) is 12.5. The topological polar surface area (TPSA) is 80.7 Å². The van der Waals surface area contributed by atoms with Crippen LogP contribution < -0.4 is 10.5 Å². The van der Waals surface area contributed by atoms with E-state index in [0.29, 0.717) is 18.1 Å². The Balaban J connectivity index is 2.52. The van der Waals surface area contributed by atoms with Gasteiger partial charge in [-0.05, 0) is 24.0 Å². The van der Waals surface area contributed by atoms with Crippen molar-refractivity contribution in [1.82, 2.24) is 4.98 Å². The van der Waals surface area contributed by atoms with Gasteiger partial charge in [-0.25, -0.2) is 4.98 Å². The van der Waals surface area contributed by atoms with Crippen LogP contribution in [0.1, 0.15) is 32.9 Å². The number of oxime groups is 1. The van der Waals surface area contributed by atoms with Gasteiger partial charge in [0.15, 0.2) is 5.84 Å². The second-order valence-electron chi connectivity index (χ2n) is 5.02. The average Bonchev–Trinajstić information content (AvgIpc) is 2.27. The van der Waals surface area contributed by atoms with Gasteiger partial charge in [0, 0.05) is 0 Å². The number of ether oxygens (including phenoxy) is 1. The summed E-state index contributed by atoms with van der Waals surface area (Å²) in [5, 5.41) is 11.4. The van der Waals surface area contributed by atoms with Crippen molar-refractivity contribution in [1.29, 1.82) is 0 Å². The Morgan fingerprint density at radius 2 is 2.18 bits per heavy atom. The molecule has 1 aromatic heterocycles. The molecule has 0 amide bonds. The van der Waals surface area contributed by atoms with Gasteiger partial charge in [0.05, 0.1) is 12.8 Å². The number of amidine groups is 1. The fraction of sp³-hybridized carbons (Fsp3) is 0.500. The molecule has 0 aliphatic rings. The van der Waals surface area contributed by atoms with Gasteiger partial charge in [0.25, 0.3) is 0 Å². The summed E-state index contributed by atoms with van der Waals surface area (Å²) in [4.78, 5) is 4.02. The molecule has 17 heavy (non-hydrogen) atoms. The van der Waals surface area contributed by atoms with E-state index in [2.05, 4.69) is 30.9 Å². The van der Waals surface area contributed by atoms with Crippen LogP contribution in [0.3, 0.4) is 0 Å². The zero-order valence-corrected chi connectivity index (χ0v) is 10.5. The summed E-state index contributed by atoms with van der Waals surface area (Å²) in [6.45, 7) is 7.14. The van der Waals surface area contributed by atoms with E-state index in [1.165, 1.54) is 0 Å². The Bertz CT molecular complexity index is 380. The summed E-state index contributed by atoms with van der Waals surface area (Å²) < 4.78 is 5.54. The van der Waals surface area contributed by atoms with Gasteiger partial charge >= 0.3 is 0 Å². The highest BCUT2D eigenvalue weighted by molar-refractivity contribution is 5.95. The third kappa shape index (κ3) is 4.72. The lowest BCUT2D eigenvalue weighted by molar-refractivity contribution is 0.242. The van der Waals surface area contributed by atoms with E-state index < -0.39 is 0 Å². The molecule has 0 bridgehead atoms. The minimum atomic E-state index is -0.00811. The fourth-order valence-corrected chi connectivity index (χ4v) is 1.14. The number of hydrogen-bond acceptors (Lipinski definition) is 4. The third-order valence-corrected chi connectivity index (χ3v) is 2.23. The van der Waals surface area contributed by atoms with E-state index in [1.807, 2.05) is 0 Å². The second-order valence-corrected chi connectivity index (χ2v) is 5.02. The Labute approximate surface area is 101 Å². The molecule has 5 heteroatoms. The Kier molecular flexibility index (Phi) is 4.31. The maximum Gasteiger partial charge on any atom is 0.188 e. The first-order valence-electron chi connectivity index (χ1n) is 5.49. The van der Waals surface area contributed by atoms with E-state index in [4.69, 9.17) is 15.7 Å². The highest BCUT2D eigenvalue weighted by Gasteiger charge is 2.10. The van der Waals surface area contributed by atoms with Crippen molar-refractivity contribution < 1.29 is 9.94 Å². The van der Waals surface area contributed by atoms with Crippen molar-refractivity contribution in [3.05, 3.63) is 24.0 Å². The molecule has 0 saturated heterocycles. The molecule has 0 aromatic carbocycles. The minimum absolute atomic E-state index is 0.00811. The first-order valence-corrected chi connectivity index (χ1v) is 5.49. The van der Waals surface area contributed by atoms with Crippen molar-refractivity contribution in [2.24, 2.45) is 16.3 Å². The third-order valence-electron chi connectivity index (χ3n) is 2.23. The molecular formula is C12H19N3O2. The van der Waals surface area contributed by atoms with Gasteiger partial charge in [-0.15, -0.1) is 0 Å². The monoisotopic (exact) mass is 237 g/mol. The molecule has 1 rings (SSSR count). The summed E-state index contributed by atoms with van der Waals surface area (Å²) in [5.74, 6) is 0.676. The van der Waals surface area contributed by atoms with Gasteiger partial charge in [0.1, 0.15) is 11.4 Å². The smallest absolute Gasteiger partial charge is 0.188 e. The van der Waals surface area contributed by atoms with E-state index in [-0.39, 0.29) is 11.3 Å². The Morgan fingerprint density at radius 1 is 1.47 bits per heavy atom. The molecule has 1 heterocycles. The highest BCUT2D eigenvalue weighted by atomic mass is 16.5. The highest BCUT2D eigenvalue weighted by Crippen LogP contribution is 2.19. The van der Waals surface area contributed by atoms with Crippen LogP contribution in [-0.4, -0.2) is 22.6 Å². The molecule has 0 fully saturated rings. The van der Waals surface area contributed by atoms with Crippen LogP contribution in [0.15, 0.2) is 23.5 Å². The number of nitrogens with two attached hydrogens (primary N) is 1. The fourth-order valence-electron chi connectivity index (χ4n) is 1.14. The van der Waals surface area contributed by atoms with Crippen molar-refractivity contribution in [2.45, 2.75) is 27.2 Å². The van der Waals surface area contributed by atoms with Gasteiger partial charge in [-0.1, -0.05) is 25.9 Å². The van der Waals surface area contributed by atoms with Crippen LogP contribution in [0.4, 0.5) is 0 Å². The second kappa shape index (κ2) is 5.52. The molecule has 0 saturated carbocycles. The lowest BCUT2D eigenvalue weighted by Gasteiger charge is -2.17. The number of hydrogen-bond donors (Lipinski definition) is 2. The van der Waals surface area contributed by atoms with Crippen LogP contribution >= 0.6 is 0 Å². The maximum absolute atomic E-state index is 8.48. The Morgan fingerprint density at radius 3 is 2.65 bits per heavy atom. The summed E-state index contributed by atoms with van der Waals surface area (Å²) in [7, 11) is 0. The SMILES string of the molecule is CC(C)(C)CCOc1ccc(/C(N)=N/O)nc1. The number of nitrogens with zero attached hydrogens (tertiary/aromatic N) is 2. The zero-order chi connectivity index (χ0) is 12.9. The van der Waals surface area contributed by atoms with Gasteiger partial charge in [-0.2, -0.15) is 0 Å². The van der Waals surface area contributed by atoms with Crippen LogP contribution in [0.5, 0.6) is 5.75 Å². The lowest BCUT2D eigenvalue weighted by atomic mass is 9.93. The van der Waals surface area contributed by atoms with Gasteiger partial charge < -0.3 is 15.7 Å². The molecule has 0 aliphatic carbocycles. The van der Waals surface area contributed by atoms with Crippen molar-refractivity contribution in [2.75, 3.05) is 6.61 Å². The lowest BCUT2D eigenvalue weighted by Crippen LogP contribution is -2.15. The maximum atomic E-state index is 8.48. The van der Waals surface area contributed by atoms with Crippen LogP contribution in [0.2, 0.25) is 0 Å². The number of pyridine rings is 1. The molecule has 94 valence electrons. The molecule has 1 aromatic rings. The predicted octanol–water partition coefficient (Wildman–Crippen LogP) is 1.99. The molecular weight excluding hydrogens is 218 g/mol. The number of rotatable bonds is 4. The molecule has 0 radical (unpaired) electrons. The van der Waals surface area contributed by atoms with Crippen molar-refractivity contribution in [3.63, 3.8) is 0 Å². The van der Waals surface area contributed by atoms with Crippen LogP contribution in [0, 0.1) is 5.41 Å². The first-order chi connectivity index (χ1) is 7.92. The standard InChI is InChI=1S/C12H19N3O2/c1-12(2,3)6-7-17-9-4-5-10(14-8-9)11(13)15-16/h4-5,8,16H,6-7H2,1-3H3,(H2,13,15). The molecule has 0 unspecified atom stereocenters. The zero-order valence-electron chi connectivity index (χ0n) is 10.5. The first kappa shape index (κ1) is 13.3. The molecule has 0 spiro atoms. The number of aromatic nitrogens is 1. The summed E-state index contributed by atoms with van der Waals surface area (Å²) in [6.07, 6.45) is 2.53. The molecule has 5 nitrogen and oxygen atoms in total. The van der Waals surface area contributed by atoms with Gasteiger partial charge in [-0.3, -0.25) is 0 Å². The van der Waals surface area contributed by atoms with E-state index in [1.54, 1.807) is 18.3 Å². The minimum Gasteiger partial charge on any atom is -0.492 e. The molecule has 0 atom stereocenters. The van der Waals surface area contributed by atoms with Crippen molar-refractivity contribution in [3.8, 4) is 5.75 Å². The van der Waals surface area contributed by atoms with E-state index in [0.717, 1.165) is 6.42 Å². The van der Waals surface area contributed by atoms with Crippen LogP contribution in [-0.2, 0) is 0 Å². The summed E-state index contributed by atoms with van der Waals surface area (Å²) >= 11 is 0. The summed E-state index contributed by atoms with van der Waals surface area (Å²) in [5.41, 5.74) is 6.08. The quantitative estimate of drug-likeness (QED) is 0.363. The van der Waals surface area contributed by atoms with E-state index in [9.17, 15) is 0 Å². The predicted molar refractivity (Wildman–Crippen MR) is 66.3 cm³/mol. The van der Waals surface area contributed by atoms with Gasteiger partial charge in [0.2, 0.25) is 0 Å². The Hall–Kier alpha value is -1.78. The van der Waals surface area contributed by atoms with Crippen molar-refractivity contribution >= 4 is 5.84 Å². The molecule has 0 aliphatic heterocycles. The average molecular weight is 237 g/mol. The molecule has 3 N–H and O–H groups in total. The van der Waals surface area contributed by atoms with Crippen LogP contribution in [0.25, 0.3) is 0 Å². The summed E-state index contributed by atoms with van der Waals surface area (Å²) in [6, 6.07) is 3.41. The van der Waals surface area contributed by atoms with E-state index >= 15 is 0 Å².